The number of carbonyl (C=O) groups is 1. The van der Waals surface area contributed by atoms with Crippen LogP contribution in [0.1, 0.15) is 12.8 Å². The SMILES string of the molecule is N#CCC1CCNN1C(=O)Nc1ccccc1. The lowest BCUT2D eigenvalue weighted by Crippen LogP contribution is -2.44. The van der Waals surface area contributed by atoms with Crippen molar-refractivity contribution in [1.82, 2.24) is 10.4 Å². The molecule has 5 heteroatoms. The van der Waals surface area contributed by atoms with Crippen molar-refractivity contribution in [2.75, 3.05) is 11.9 Å². The number of hydrogen-bond donors (Lipinski definition) is 2. The molecule has 1 atom stereocenters. The predicted molar refractivity (Wildman–Crippen MR) is 63.9 cm³/mol. The number of amides is 2. The summed E-state index contributed by atoms with van der Waals surface area (Å²) in [7, 11) is 0. The zero-order valence-corrected chi connectivity index (χ0v) is 9.39. The number of anilines is 1. The van der Waals surface area contributed by atoms with Gasteiger partial charge in [0.2, 0.25) is 0 Å². The van der Waals surface area contributed by atoms with Crippen LogP contribution in [0.4, 0.5) is 10.5 Å². The van der Waals surface area contributed by atoms with Gasteiger partial charge in [0.1, 0.15) is 0 Å². The first kappa shape index (κ1) is 11.4. The van der Waals surface area contributed by atoms with E-state index in [-0.39, 0.29) is 12.1 Å². The summed E-state index contributed by atoms with van der Waals surface area (Å²) in [6.07, 6.45) is 1.17. The lowest BCUT2D eigenvalue weighted by atomic mass is 10.2. The third-order valence-corrected chi connectivity index (χ3v) is 2.70. The molecule has 2 N–H and O–H groups in total. The summed E-state index contributed by atoms with van der Waals surface area (Å²) >= 11 is 0. The van der Waals surface area contributed by atoms with Gasteiger partial charge in [0.15, 0.2) is 0 Å². The Balaban J connectivity index is 1.98. The standard InChI is InChI=1S/C12H14N4O/c13-8-6-11-7-9-14-16(11)12(17)15-10-4-2-1-3-5-10/h1-5,11,14H,6-7,9H2,(H,15,17). The number of nitrogens with one attached hydrogen (secondary N) is 2. The average molecular weight is 230 g/mol. The fraction of sp³-hybridized carbons (Fsp3) is 0.333. The van der Waals surface area contributed by atoms with Gasteiger partial charge in [-0.2, -0.15) is 5.26 Å². The minimum Gasteiger partial charge on any atom is -0.307 e. The van der Waals surface area contributed by atoms with Gasteiger partial charge in [0.05, 0.1) is 18.5 Å². The number of carbonyl (C=O) groups excluding carboxylic acids is 1. The van der Waals surface area contributed by atoms with Gasteiger partial charge in [0, 0.05) is 12.2 Å². The van der Waals surface area contributed by atoms with Crippen LogP contribution >= 0.6 is 0 Å². The molecule has 0 aliphatic carbocycles. The Bertz CT molecular complexity index is 426. The molecule has 0 radical (unpaired) electrons. The second-order valence-corrected chi connectivity index (χ2v) is 3.88. The molecule has 5 nitrogen and oxygen atoms in total. The lowest BCUT2D eigenvalue weighted by Gasteiger charge is -2.22. The minimum absolute atomic E-state index is 0.0382. The van der Waals surface area contributed by atoms with Crippen LogP contribution in [0.3, 0.4) is 0 Å². The maximum absolute atomic E-state index is 11.9. The van der Waals surface area contributed by atoms with Gasteiger partial charge in [0.25, 0.3) is 0 Å². The first-order chi connectivity index (χ1) is 8.31. The molecule has 0 spiro atoms. The van der Waals surface area contributed by atoms with E-state index < -0.39 is 0 Å². The molecule has 1 aliphatic heterocycles. The Morgan fingerprint density at radius 1 is 1.53 bits per heavy atom. The van der Waals surface area contributed by atoms with Crippen molar-refractivity contribution in [2.24, 2.45) is 0 Å². The summed E-state index contributed by atoms with van der Waals surface area (Å²) in [5.74, 6) is 0. The average Bonchev–Trinajstić information content (AvgIpc) is 2.79. The summed E-state index contributed by atoms with van der Waals surface area (Å²) in [6.45, 7) is 0.731. The predicted octanol–water partition coefficient (Wildman–Crippen LogP) is 1.71. The van der Waals surface area contributed by atoms with E-state index in [1.807, 2.05) is 30.3 Å². The number of rotatable bonds is 2. The van der Waals surface area contributed by atoms with E-state index >= 15 is 0 Å². The van der Waals surface area contributed by atoms with Crippen LogP contribution < -0.4 is 10.7 Å². The third-order valence-electron chi connectivity index (χ3n) is 2.70. The number of nitriles is 1. The van der Waals surface area contributed by atoms with Crippen LogP contribution in [0.5, 0.6) is 0 Å². The Morgan fingerprint density at radius 3 is 3.00 bits per heavy atom. The quantitative estimate of drug-likeness (QED) is 0.812. The summed E-state index contributed by atoms with van der Waals surface area (Å²) in [5, 5.41) is 13.0. The number of nitrogens with zero attached hydrogens (tertiary/aromatic N) is 2. The zero-order chi connectivity index (χ0) is 12.1. The number of para-hydroxylation sites is 1. The Hall–Kier alpha value is -2.06. The highest BCUT2D eigenvalue weighted by Gasteiger charge is 2.28. The summed E-state index contributed by atoms with van der Waals surface area (Å²) in [6, 6.07) is 11.1. The maximum atomic E-state index is 11.9. The van der Waals surface area contributed by atoms with E-state index in [1.54, 1.807) is 0 Å². The number of hydrogen-bond acceptors (Lipinski definition) is 3. The van der Waals surface area contributed by atoms with Gasteiger partial charge >= 0.3 is 6.03 Å². The molecule has 2 rings (SSSR count). The van der Waals surface area contributed by atoms with E-state index in [0.29, 0.717) is 6.42 Å². The lowest BCUT2D eigenvalue weighted by molar-refractivity contribution is 0.184. The van der Waals surface area contributed by atoms with Gasteiger partial charge < -0.3 is 5.32 Å². The molecule has 1 unspecified atom stereocenters. The minimum atomic E-state index is -0.214. The van der Waals surface area contributed by atoms with E-state index in [4.69, 9.17) is 5.26 Å². The monoisotopic (exact) mass is 230 g/mol. The van der Waals surface area contributed by atoms with Gasteiger partial charge in [-0.15, -0.1) is 0 Å². The highest BCUT2D eigenvalue weighted by atomic mass is 16.2. The van der Waals surface area contributed by atoms with Crippen molar-refractivity contribution < 1.29 is 4.79 Å². The summed E-state index contributed by atoms with van der Waals surface area (Å²) in [4.78, 5) is 11.9. The molecule has 1 saturated heterocycles. The van der Waals surface area contributed by atoms with Crippen LogP contribution in [-0.4, -0.2) is 23.6 Å². The second-order valence-electron chi connectivity index (χ2n) is 3.88. The van der Waals surface area contributed by atoms with Crippen molar-refractivity contribution in [1.29, 1.82) is 5.26 Å². The smallest absolute Gasteiger partial charge is 0.307 e. The first-order valence-corrected chi connectivity index (χ1v) is 5.57. The second kappa shape index (κ2) is 5.32. The molecule has 17 heavy (non-hydrogen) atoms. The molecule has 0 bridgehead atoms. The Kier molecular flexibility index (Phi) is 3.58. The van der Waals surface area contributed by atoms with Crippen LogP contribution in [-0.2, 0) is 0 Å². The molecule has 0 aromatic heterocycles. The van der Waals surface area contributed by atoms with Crippen molar-refractivity contribution >= 4 is 11.7 Å². The number of benzene rings is 1. The van der Waals surface area contributed by atoms with Gasteiger partial charge in [-0.1, -0.05) is 18.2 Å². The van der Waals surface area contributed by atoms with Crippen molar-refractivity contribution in [3.05, 3.63) is 30.3 Å². The van der Waals surface area contributed by atoms with Crippen molar-refractivity contribution in [2.45, 2.75) is 18.9 Å². The molecule has 0 saturated carbocycles. The molecular weight excluding hydrogens is 216 g/mol. The van der Waals surface area contributed by atoms with E-state index in [9.17, 15) is 4.79 Å². The van der Waals surface area contributed by atoms with Gasteiger partial charge in [-0.05, 0) is 18.6 Å². The molecule has 88 valence electrons. The third kappa shape index (κ3) is 2.74. The molecule has 1 aromatic carbocycles. The van der Waals surface area contributed by atoms with Crippen molar-refractivity contribution in [3.63, 3.8) is 0 Å². The normalized spacial score (nSPS) is 18.8. The van der Waals surface area contributed by atoms with Gasteiger partial charge in [-0.25, -0.2) is 10.2 Å². The van der Waals surface area contributed by atoms with Crippen LogP contribution in [0.15, 0.2) is 30.3 Å². The largest absolute Gasteiger partial charge is 0.336 e. The van der Waals surface area contributed by atoms with Crippen molar-refractivity contribution in [3.8, 4) is 6.07 Å². The molecule has 1 aliphatic rings. The van der Waals surface area contributed by atoms with Gasteiger partial charge in [-0.3, -0.25) is 5.01 Å². The van der Waals surface area contributed by atoms with Crippen LogP contribution in [0, 0.1) is 11.3 Å². The molecule has 2 amide bonds. The zero-order valence-electron chi connectivity index (χ0n) is 9.39. The van der Waals surface area contributed by atoms with Crippen LogP contribution in [0.25, 0.3) is 0 Å². The van der Waals surface area contributed by atoms with E-state index in [0.717, 1.165) is 18.7 Å². The maximum Gasteiger partial charge on any atom is 0.336 e. The summed E-state index contributed by atoms with van der Waals surface area (Å²) in [5.41, 5.74) is 3.73. The number of urea groups is 1. The fourth-order valence-electron chi connectivity index (χ4n) is 1.85. The highest BCUT2D eigenvalue weighted by molar-refractivity contribution is 5.89. The first-order valence-electron chi connectivity index (χ1n) is 5.57. The Morgan fingerprint density at radius 2 is 2.29 bits per heavy atom. The molecule has 1 fully saturated rings. The molecule has 1 heterocycles. The number of hydrazine groups is 1. The van der Waals surface area contributed by atoms with E-state index in [2.05, 4.69) is 16.8 Å². The molecule has 1 aromatic rings. The highest BCUT2D eigenvalue weighted by Crippen LogP contribution is 2.14. The fourth-order valence-corrected chi connectivity index (χ4v) is 1.85. The Labute approximate surface area is 100.0 Å². The topological polar surface area (TPSA) is 68.2 Å². The summed E-state index contributed by atoms with van der Waals surface area (Å²) < 4.78 is 0. The van der Waals surface area contributed by atoms with Crippen LogP contribution in [0.2, 0.25) is 0 Å². The van der Waals surface area contributed by atoms with E-state index in [1.165, 1.54) is 5.01 Å². The molecular formula is C12H14N4O.